The predicted molar refractivity (Wildman–Crippen MR) is 86.4 cm³/mol. The SMILES string of the molecule is Cc1ccc(F)c(NC(=O)CCc2c[nH]c3ccccc23)c1. The van der Waals surface area contributed by atoms with E-state index in [1.807, 2.05) is 37.4 Å². The van der Waals surface area contributed by atoms with Gasteiger partial charge in [0.05, 0.1) is 5.69 Å². The molecule has 3 rings (SSSR count). The molecule has 0 aliphatic heterocycles. The number of aryl methyl sites for hydroxylation is 2. The number of benzene rings is 2. The molecule has 0 aliphatic carbocycles. The van der Waals surface area contributed by atoms with Crippen LogP contribution in [0.4, 0.5) is 10.1 Å². The molecule has 2 aromatic carbocycles. The Hall–Kier alpha value is -2.62. The Kier molecular flexibility index (Phi) is 3.92. The zero-order valence-corrected chi connectivity index (χ0v) is 12.3. The van der Waals surface area contributed by atoms with Crippen molar-refractivity contribution in [1.82, 2.24) is 4.98 Å². The molecule has 4 heteroatoms. The lowest BCUT2D eigenvalue weighted by Crippen LogP contribution is -2.13. The number of halogens is 1. The van der Waals surface area contributed by atoms with Crippen LogP contribution in [-0.4, -0.2) is 10.9 Å². The number of para-hydroxylation sites is 1. The smallest absolute Gasteiger partial charge is 0.224 e. The van der Waals surface area contributed by atoms with E-state index < -0.39 is 5.82 Å². The van der Waals surface area contributed by atoms with Crippen molar-refractivity contribution in [3.8, 4) is 0 Å². The first-order valence-electron chi connectivity index (χ1n) is 7.24. The molecular formula is C18H17FN2O. The van der Waals surface area contributed by atoms with E-state index in [9.17, 15) is 9.18 Å². The first-order chi connectivity index (χ1) is 10.6. The second kappa shape index (κ2) is 6.02. The van der Waals surface area contributed by atoms with Crippen LogP contribution in [0.2, 0.25) is 0 Å². The molecule has 0 fully saturated rings. The largest absolute Gasteiger partial charge is 0.361 e. The fourth-order valence-electron chi connectivity index (χ4n) is 2.53. The van der Waals surface area contributed by atoms with Gasteiger partial charge in [-0.15, -0.1) is 0 Å². The molecule has 0 saturated carbocycles. The van der Waals surface area contributed by atoms with Crippen molar-refractivity contribution in [2.24, 2.45) is 0 Å². The maximum absolute atomic E-state index is 13.6. The monoisotopic (exact) mass is 296 g/mol. The fourth-order valence-corrected chi connectivity index (χ4v) is 2.53. The topological polar surface area (TPSA) is 44.9 Å². The van der Waals surface area contributed by atoms with E-state index in [1.165, 1.54) is 6.07 Å². The average Bonchev–Trinajstić information content (AvgIpc) is 2.92. The Balaban J connectivity index is 1.66. The van der Waals surface area contributed by atoms with E-state index in [1.54, 1.807) is 12.1 Å². The molecular weight excluding hydrogens is 279 g/mol. The third-order valence-electron chi connectivity index (χ3n) is 3.69. The Morgan fingerprint density at radius 1 is 1.23 bits per heavy atom. The van der Waals surface area contributed by atoms with Crippen LogP contribution in [0.1, 0.15) is 17.5 Å². The number of hydrogen-bond donors (Lipinski definition) is 2. The summed E-state index contributed by atoms with van der Waals surface area (Å²) in [7, 11) is 0. The van der Waals surface area contributed by atoms with Crippen LogP contribution in [0, 0.1) is 12.7 Å². The van der Waals surface area contributed by atoms with E-state index in [-0.39, 0.29) is 11.6 Å². The van der Waals surface area contributed by atoms with Gasteiger partial charge in [0.2, 0.25) is 5.91 Å². The number of hydrogen-bond acceptors (Lipinski definition) is 1. The highest BCUT2D eigenvalue weighted by molar-refractivity contribution is 5.91. The zero-order valence-electron chi connectivity index (χ0n) is 12.3. The second-order valence-electron chi connectivity index (χ2n) is 5.39. The summed E-state index contributed by atoms with van der Waals surface area (Å²) >= 11 is 0. The normalized spacial score (nSPS) is 10.8. The summed E-state index contributed by atoms with van der Waals surface area (Å²) in [5.74, 6) is -0.596. The van der Waals surface area contributed by atoms with Gasteiger partial charge in [-0.2, -0.15) is 0 Å². The van der Waals surface area contributed by atoms with Gasteiger partial charge in [-0.05, 0) is 42.7 Å². The highest BCUT2D eigenvalue weighted by atomic mass is 19.1. The van der Waals surface area contributed by atoms with Crippen LogP contribution in [0.15, 0.2) is 48.7 Å². The number of H-pyrrole nitrogens is 1. The molecule has 112 valence electrons. The molecule has 1 amide bonds. The summed E-state index contributed by atoms with van der Waals surface area (Å²) in [6, 6.07) is 12.7. The van der Waals surface area contributed by atoms with Crippen LogP contribution < -0.4 is 5.32 Å². The Bertz CT molecular complexity index is 823. The number of carbonyl (C=O) groups excluding carboxylic acids is 1. The van der Waals surface area contributed by atoms with Gasteiger partial charge >= 0.3 is 0 Å². The van der Waals surface area contributed by atoms with Crippen LogP contribution in [-0.2, 0) is 11.2 Å². The summed E-state index contributed by atoms with van der Waals surface area (Å²) in [6.45, 7) is 1.86. The number of aromatic nitrogens is 1. The van der Waals surface area contributed by atoms with Crippen LogP contribution in [0.25, 0.3) is 10.9 Å². The number of nitrogens with one attached hydrogen (secondary N) is 2. The molecule has 0 radical (unpaired) electrons. The molecule has 0 spiro atoms. The number of anilines is 1. The summed E-state index contributed by atoms with van der Waals surface area (Å²) in [4.78, 5) is 15.2. The van der Waals surface area contributed by atoms with E-state index in [2.05, 4.69) is 10.3 Å². The molecule has 3 aromatic rings. The van der Waals surface area contributed by atoms with Gasteiger partial charge in [0.15, 0.2) is 0 Å². The summed E-state index contributed by atoms with van der Waals surface area (Å²) in [5, 5.41) is 3.76. The number of carbonyl (C=O) groups is 1. The van der Waals surface area contributed by atoms with Crippen molar-refractivity contribution in [3.05, 3.63) is 65.6 Å². The van der Waals surface area contributed by atoms with Crippen LogP contribution >= 0.6 is 0 Å². The number of amides is 1. The van der Waals surface area contributed by atoms with Gasteiger partial charge < -0.3 is 10.3 Å². The van der Waals surface area contributed by atoms with E-state index in [4.69, 9.17) is 0 Å². The molecule has 22 heavy (non-hydrogen) atoms. The van der Waals surface area contributed by atoms with Crippen molar-refractivity contribution in [2.45, 2.75) is 19.8 Å². The highest BCUT2D eigenvalue weighted by Gasteiger charge is 2.09. The van der Waals surface area contributed by atoms with Crippen molar-refractivity contribution in [2.75, 3.05) is 5.32 Å². The van der Waals surface area contributed by atoms with E-state index in [0.717, 1.165) is 22.0 Å². The lowest BCUT2D eigenvalue weighted by molar-refractivity contribution is -0.116. The lowest BCUT2D eigenvalue weighted by atomic mass is 10.1. The summed E-state index contributed by atoms with van der Waals surface area (Å²) in [6.07, 6.45) is 2.85. The van der Waals surface area contributed by atoms with Crippen molar-refractivity contribution >= 4 is 22.5 Å². The van der Waals surface area contributed by atoms with Gasteiger partial charge in [0.25, 0.3) is 0 Å². The fraction of sp³-hybridized carbons (Fsp3) is 0.167. The molecule has 0 unspecified atom stereocenters. The first-order valence-corrected chi connectivity index (χ1v) is 7.24. The maximum atomic E-state index is 13.6. The van der Waals surface area contributed by atoms with E-state index >= 15 is 0 Å². The molecule has 0 bridgehead atoms. The van der Waals surface area contributed by atoms with Gasteiger partial charge in [-0.25, -0.2) is 4.39 Å². The van der Waals surface area contributed by atoms with Gasteiger partial charge in [0.1, 0.15) is 5.82 Å². The van der Waals surface area contributed by atoms with Crippen LogP contribution in [0.3, 0.4) is 0 Å². The minimum Gasteiger partial charge on any atom is -0.361 e. The van der Waals surface area contributed by atoms with Crippen LogP contribution in [0.5, 0.6) is 0 Å². The average molecular weight is 296 g/mol. The van der Waals surface area contributed by atoms with Crippen molar-refractivity contribution in [1.29, 1.82) is 0 Å². The molecule has 1 aromatic heterocycles. The minimum absolute atomic E-state index is 0.185. The van der Waals surface area contributed by atoms with Gasteiger partial charge in [0, 0.05) is 23.5 Å². The molecule has 0 atom stereocenters. The summed E-state index contributed by atoms with van der Waals surface area (Å²) in [5.41, 5.74) is 3.30. The second-order valence-corrected chi connectivity index (χ2v) is 5.39. The number of rotatable bonds is 4. The summed E-state index contributed by atoms with van der Waals surface area (Å²) < 4.78 is 13.6. The molecule has 0 saturated heterocycles. The quantitative estimate of drug-likeness (QED) is 0.745. The Labute approximate surface area is 128 Å². The highest BCUT2D eigenvalue weighted by Crippen LogP contribution is 2.20. The first kappa shape index (κ1) is 14.3. The van der Waals surface area contributed by atoms with Gasteiger partial charge in [-0.3, -0.25) is 4.79 Å². The van der Waals surface area contributed by atoms with E-state index in [0.29, 0.717) is 12.8 Å². The number of aromatic amines is 1. The molecule has 1 heterocycles. The number of fused-ring (bicyclic) bond motifs is 1. The Morgan fingerprint density at radius 3 is 2.91 bits per heavy atom. The minimum atomic E-state index is -0.411. The lowest BCUT2D eigenvalue weighted by Gasteiger charge is -2.07. The molecule has 2 N–H and O–H groups in total. The van der Waals surface area contributed by atoms with Crippen molar-refractivity contribution in [3.63, 3.8) is 0 Å². The molecule has 3 nitrogen and oxygen atoms in total. The maximum Gasteiger partial charge on any atom is 0.224 e. The molecule has 0 aliphatic rings. The van der Waals surface area contributed by atoms with Crippen molar-refractivity contribution < 1.29 is 9.18 Å². The zero-order chi connectivity index (χ0) is 15.5. The van der Waals surface area contributed by atoms with Gasteiger partial charge in [-0.1, -0.05) is 24.3 Å². The third-order valence-corrected chi connectivity index (χ3v) is 3.69. The Morgan fingerprint density at radius 2 is 2.05 bits per heavy atom. The predicted octanol–water partition coefficient (Wildman–Crippen LogP) is 4.19. The standard InChI is InChI=1S/C18H17FN2O/c1-12-6-8-15(19)17(10-12)21-18(22)9-7-13-11-20-16-5-3-2-4-14(13)16/h2-6,8,10-11,20H,7,9H2,1H3,(H,21,22). The third kappa shape index (κ3) is 3.01.